The molecule has 104 valence electrons. The van der Waals surface area contributed by atoms with Gasteiger partial charge in [0.1, 0.15) is 5.75 Å². The lowest BCUT2D eigenvalue weighted by atomic mass is 10.1. The first kappa shape index (κ1) is 13.8. The molecule has 2 rings (SSSR count). The van der Waals surface area contributed by atoms with Crippen LogP contribution in [0.15, 0.2) is 18.2 Å². The first-order chi connectivity index (χ1) is 9.06. The van der Waals surface area contributed by atoms with E-state index in [4.69, 9.17) is 14.9 Å². The van der Waals surface area contributed by atoms with Gasteiger partial charge in [0.2, 0.25) is 0 Å². The Morgan fingerprint density at radius 1 is 1.42 bits per heavy atom. The van der Waals surface area contributed by atoms with Crippen LogP contribution in [-0.4, -0.2) is 46.6 Å². The second-order valence-corrected chi connectivity index (χ2v) is 4.51. The smallest absolute Gasteiger partial charge is 0.267 e. The predicted molar refractivity (Wildman–Crippen MR) is 67.9 cm³/mol. The predicted octanol–water partition coefficient (Wildman–Crippen LogP) is -0.354. The van der Waals surface area contributed by atoms with Gasteiger partial charge in [-0.1, -0.05) is 6.07 Å². The average molecular weight is 267 g/mol. The summed E-state index contributed by atoms with van der Waals surface area (Å²) in [5.74, 6) is 0.223. The Balaban J connectivity index is 2.35. The van der Waals surface area contributed by atoms with Crippen molar-refractivity contribution < 1.29 is 24.9 Å². The highest BCUT2D eigenvalue weighted by Gasteiger charge is 2.32. The van der Waals surface area contributed by atoms with Gasteiger partial charge in [0.15, 0.2) is 6.10 Å². The number of carbonyl (C=O) groups excluding carboxylic acids is 1. The lowest BCUT2D eigenvalue weighted by molar-refractivity contribution is -0.126. The summed E-state index contributed by atoms with van der Waals surface area (Å²) < 4.78 is 5.49. The number of carbonyl (C=O) groups is 1. The Kier molecular flexibility index (Phi) is 4.04. The van der Waals surface area contributed by atoms with Crippen LogP contribution in [0, 0.1) is 0 Å². The molecule has 3 N–H and O–H groups in total. The lowest BCUT2D eigenvalue weighted by Crippen LogP contribution is -2.48. The summed E-state index contributed by atoms with van der Waals surface area (Å²) in [5.41, 5.74) is 1.22. The molecule has 0 spiro atoms. The zero-order valence-electron chi connectivity index (χ0n) is 10.6. The van der Waals surface area contributed by atoms with Gasteiger partial charge in [-0.25, -0.2) is 0 Å². The molecule has 1 amide bonds. The molecule has 1 aliphatic rings. The highest BCUT2D eigenvalue weighted by molar-refractivity contribution is 5.99. The molecule has 0 radical (unpaired) electrons. The molecule has 0 bridgehead atoms. The molecule has 0 fully saturated rings. The van der Waals surface area contributed by atoms with Crippen LogP contribution in [-0.2, 0) is 11.4 Å². The van der Waals surface area contributed by atoms with Crippen molar-refractivity contribution in [3.63, 3.8) is 0 Å². The number of nitrogens with zero attached hydrogens (tertiary/aromatic N) is 1. The quantitative estimate of drug-likeness (QED) is 0.693. The number of anilines is 1. The van der Waals surface area contributed by atoms with Crippen LogP contribution < -0.4 is 9.64 Å². The molecule has 0 saturated carbocycles. The van der Waals surface area contributed by atoms with Crippen molar-refractivity contribution in [1.82, 2.24) is 0 Å². The molecule has 6 nitrogen and oxygen atoms in total. The van der Waals surface area contributed by atoms with E-state index >= 15 is 0 Å². The molecule has 2 unspecified atom stereocenters. The van der Waals surface area contributed by atoms with Crippen molar-refractivity contribution in [3.8, 4) is 5.75 Å². The SMILES string of the molecule is CC1Oc2cc(CO)ccc2N(CC(O)CO)C1=O. The Morgan fingerprint density at radius 3 is 2.79 bits per heavy atom. The van der Waals surface area contributed by atoms with E-state index in [-0.39, 0.29) is 19.1 Å². The van der Waals surface area contributed by atoms with E-state index in [1.165, 1.54) is 4.90 Å². The highest BCUT2D eigenvalue weighted by atomic mass is 16.5. The standard InChI is InChI=1S/C13H17NO5/c1-8-13(18)14(5-10(17)7-16)11-3-2-9(6-15)4-12(11)19-8/h2-4,8,10,15-17H,5-7H2,1H3. The molecule has 1 aromatic carbocycles. The van der Waals surface area contributed by atoms with Crippen LogP contribution >= 0.6 is 0 Å². The number of benzene rings is 1. The number of hydrogen-bond donors (Lipinski definition) is 3. The fourth-order valence-corrected chi connectivity index (χ4v) is 2.01. The summed E-state index contributed by atoms with van der Waals surface area (Å²) >= 11 is 0. The van der Waals surface area contributed by atoms with Crippen LogP contribution in [0.4, 0.5) is 5.69 Å². The maximum Gasteiger partial charge on any atom is 0.267 e. The maximum atomic E-state index is 12.1. The summed E-state index contributed by atoms with van der Waals surface area (Å²) in [7, 11) is 0. The zero-order valence-corrected chi connectivity index (χ0v) is 10.6. The number of rotatable bonds is 4. The summed E-state index contributed by atoms with van der Waals surface area (Å²) in [6, 6.07) is 5.01. The van der Waals surface area contributed by atoms with Crippen LogP contribution in [0.1, 0.15) is 12.5 Å². The number of β-amino-alcohol motifs (C(OH)–C–C–N with tert-alkyl or cyclic N) is 1. The largest absolute Gasteiger partial charge is 0.479 e. The number of aliphatic hydroxyl groups is 3. The van der Waals surface area contributed by atoms with E-state index in [0.29, 0.717) is 17.0 Å². The van der Waals surface area contributed by atoms with Gasteiger partial charge < -0.3 is 25.0 Å². The van der Waals surface area contributed by atoms with Crippen LogP contribution in [0.5, 0.6) is 5.75 Å². The summed E-state index contributed by atoms with van der Waals surface area (Å²) in [4.78, 5) is 13.4. The zero-order chi connectivity index (χ0) is 14.0. The third kappa shape index (κ3) is 2.70. The Bertz CT molecular complexity index is 476. The molecule has 6 heteroatoms. The van der Waals surface area contributed by atoms with E-state index in [1.807, 2.05) is 0 Å². The second-order valence-electron chi connectivity index (χ2n) is 4.51. The van der Waals surface area contributed by atoms with Gasteiger partial charge in [0, 0.05) is 0 Å². The minimum atomic E-state index is -1.00. The third-order valence-electron chi connectivity index (χ3n) is 3.02. The van der Waals surface area contributed by atoms with Crippen LogP contribution in [0.25, 0.3) is 0 Å². The molecule has 19 heavy (non-hydrogen) atoms. The number of amides is 1. The van der Waals surface area contributed by atoms with Gasteiger partial charge in [0.25, 0.3) is 5.91 Å². The number of fused-ring (bicyclic) bond motifs is 1. The average Bonchev–Trinajstić information content (AvgIpc) is 2.42. The van der Waals surface area contributed by atoms with Crippen molar-refractivity contribution in [1.29, 1.82) is 0 Å². The van der Waals surface area contributed by atoms with E-state index in [9.17, 15) is 9.90 Å². The second kappa shape index (κ2) is 5.56. The fourth-order valence-electron chi connectivity index (χ4n) is 2.01. The molecular weight excluding hydrogens is 250 g/mol. The van der Waals surface area contributed by atoms with Crippen LogP contribution in [0.3, 0.4) is 0 Å². The molecule has 0 saturated heterocycles. The van der Waals surface area contributed by atoms with Gasteiger partial charge in [-0.3, -0.25) is 4.79 Å². The van der Waals surface area contributed by atoms with E-state index in [0.717, 1.165) is 0 Å². The normalized spacial score (nSPS) is 19.9. The first-order valence-electron chi connectivity index (χ1n) is 6.07. The van der Waals surface area contributed by atoms with Gasteiger partial charge in [0.05, 0.1) is 31.5 Å². The molecule has 2 atom stereocenters. The molecular formula is C13H17NO5. The van der Waals surface area contributed by atoms with E-state index in [2.05, 4.69) is 0 Å². The fraction of sp³-hybridized carbons (Fsp3) is 0.462. The van der Waals surface area contributed by atoms with Gasteiger partial charge >= 0.3 is 0 Å². The minimum Gasteiger partial charge on any atom is -0.479 e. The highest BCUT2D eigenvalue weighted by Crippen LogP contribution is 2.35. The van der Waals surface area contributed by atoms with Gasteiger partial charge in [-0.2, -0.15) is 0 Å². The minimum absolute atomic E-state index is 0.00844. The lowest BCUT2D eigenvalue weighted by Gasteiger charge is -2.34. The maximum absolute atomic E-state index is 12.1. The van der Waals surface area contributed by atoms with Crippen molar-refractivity contribution in [3.05, 3.63) is 23.8 Å². The number of hydrogen-bond acceptors (Lipinski definition) is 5. The summed E-state index contributed by atoms with van der Waals surface area (Å²) in [5, 5.41) is 27.5. The Hall–Kier alpha value is -1.63. The van der Waals surface area contributed by atoms with E-state index in [1.54, 1.807) is 25.1 Å². The Labute approximate surface area is 110 Å². The topological polar surface area (TPSA) is 90.2 Å². The third-order valence-corrected chi connectivity index (χ3v) is 3.02. The van der Waals surface area contributed by atoms with E-state index < -0.39 is 18.8 Å². The molecule has 1 aromatic rings. The number of aliphatic hydroxyl groups excluding tert-OH is 3. The van der Waals surface area contributed by atoms with Crippen molar-refractivity contribution >= 4 is 11.6 Å². The van der Waals surface area contributed by atoms with Crippen molar-refractivity contribution in [2.45, 2.75) is 25.7 Å². The number of ether oxygens (including phenoxy) is 1. The van der Waals surface area contributed by atoms with Gasteiger partial charge in [-0.15, -0.1) is 0 Å². The molecule has 0 aromatic heterocycles. The summed E-state index contributed by atoms with van der Waals surface area (Å²) in [6.45, 7) is 1.10. The Morgan fingerprint density at radius 2 is 2.16 bits per heavy atom. The van der Waals surface area contributed by atoms with Crippen LogP contribution in [0.2, 0.25) is 0 Å². The summed E-state index contributed by atoms with van der Waals surface area (Å²) in [6.07, 6.45) is -1.66. The first-order valence-corrected chi connectivity index (χ1v) is 6.07. The molecule has 1 aliphatic heterocycles. The molecule has 0 aliphatic carbocycles. The van der Waals surface area contributed by atoms with Crippen molar-refractivity contribution in [2.75, 3.05) is 18.1 Å². The molecule has 1 heterocycles. The monoisotopic (exact) mass is 267 g/mol. The van der Waals surface area contributed by atoms with Gasteiger partial charge in [-0.05, 0) is 24.6 Å². The van der Waals surface area contributed by atoms with Crippen molar-refractivity contribution in [2.24, 2.45) is 0 Å².